The lowest BCUT2D eigenvalue weighted by atomic mass is 10.1. The van der Waals surface area contributed by atoms with Crippen LogP contribution in [-0.2, 0) is 9.53 Å². The maximum atomic E-state index is 11.2. The van der Waals surface area contributed by atoms with Gasteiger partial charge < -0.3 is 15.6 Å². The third-order valence-electron chi connectivity index (χ3n) is 1.24. The van der Waals surface area contributed by atoms with Gasteiger partial charge in [0.2, 0.25) is 0 Å². The molecule has 0 saturated heterocycles. The quantitative estimate of drug-likeness (QED) is 0.581. The predicted molar refractivity (Wildman–Crippen MR) is 45.5 cm³/mol. The molecule has 0 radical (unpaired) electrons. The molecule has 0 aromatic rings. The van der Waals surface area contributed by atoms with Gasteiger partial charge in [-0.25, -0.2) is 4.79 Å². The van der Waals surface area contributed by atoms with Crippen LogP contribution in [0.1, 0.15) is 27.7 Å². The third kappa shape index (κ3) is 3.69. The second-order valence-corrected chi connectivity index (χ2v) is 3.98. The third-order valence-corrected chi connectivity index (χ3v) is 1.24. The van der Waals surface area contributed by atoms with Crippen LogP contribution < -0.4 is 5.73 Å². The van der Waals surface area contributed by atoms with E-state index in [0.717, 1.165) is 0 Å². The van der Waals surface area contributed by atoms with E-state index in [4.69, 9.17) is 10.5 Å². The summed E-state index contributed by atoms with van der Waals surface area (Å²) in [6, 6.07) is 0. The molecule has 12 heavy (non-hydrogen) atoms. The average Bonchev–Trinajstić information content (AvgIpc) is 1.84. The molecule has 0 unspecified atom stereocenters. The number of ether oxygens (including phenoxy) is 1. The molecule has 0 aromatic heterocycles. The molecule has 1 atom stereocenters. The molecule has 0 spiro atoms. The summed E-state index contributed by atoms with van der Waals surface area (Å²) in [5, 5.41) is 9.36. The maximum absolute atomic E-state index is 11.2. The first-order valence-electron chi connectivity index (χ1n) is 3.85. The zero-order valence-electron chi connectivity index (χ0n) is 8.05. The molecule has 0 bridgehead atoms. The van der Waals surface area contributed by atoms with Gasteiger partial charge in [-0.05, 0) is 27.7 Å². The van der Waals surface area contributed by atoms with E-state index in [-0.39, 0.29) is 6.54 Å². The van der Waals surface area contributed by atoms with E-state index in [0.29, 0.717) is 0 Å². The van der Waals surface area contributed by atoms with Crippen molar-refractivity contribution in [2.75, 3.05) is 6.54 Å². The van der Waals surface area contributed by atoms with Gasteiger partial charge in [0.05, 0.1) is 0 Å². The molecule has 0 aromatic carbocycles. The van der Waals surface area contributed by atoms with Gasteiger partial charge in [-0.1, -0.05) is 0 Å². The van der Waals surface area contributed by atoms with Crippen LogP contribution in [0, 0.1) is 0 Å². The van der Waals surface area contributed by atoms with Crippen LogP contribution in [0.3, 0.4) is 0 Å². The summed E-state index contributed by atoms with van der Waals surface area (Å²) in [5.41, 5.74) is 3.01. The number of carbonyl (C=O) groups is 1. The molecule has 0 saturated carbocycles. The largest absolute Gasteiger partial charge is 0.458 e. The van der Waals surface area contributed by atoms with Crippen molar-refractivity contribution in [2.45, 2.75) is 38.9 Å². The molecule has 0 aliphatic heterocycles. The van der Waals surface area contributed by atoms with Crippen LogP contribution in [0.15, 0.2) is 0 Å². The first kappa shape index (κ1) is 11.4. The number of rotatable bonds is 2. The van der Waals surface area contributed by atoms with Crippen LogP contribution in [0.4, 0.5) is 0 Å². The Morgan fingerprint density at radius 3 is 2.08 bits per heavy atom. The summed E-state index contributed by atoms with van der Waals surface area (Å²) in [5.74, 6) is -0.683. The smallest absolute Gasteiger partial charge is 0.339 e. The Hall–Kier alpha value is -0.610. The molecule has 0 aliphatic carbocycles. The van der Waals surface area contributed by atoms with Crippen LogP contribution >= 0.6 is 0 Å². The van der Waals surface area contributed by atoms with Crippen molar-refractivity contribution in [1.82, 2.24) is 0 Å². The second kappa shape index (κ2) is 3.41. The van der Waals surface area contributed by atoms with E-state index in [1.54, 1.807) is 20.8 Å². The molecule has 3 N–H and O–H groups in total. The van der Waals surface area contributed by atoms with Gasteiger partial charge in [0.15, 0.2) is 5.60 Å². The molecule has 0 aliphatic rings. The Morgan fingerprint density at radius 1 is 1.42 bits per heavy atom. The van der Waals surface area contributed by atoms with Crippen LogP contribution in [-0.4, -0.2) is 28.8 Å². The minimum atomic E-state index is -1.58. The zero-order valence-corrected chi connectivity index (χ0v) is 8.05. The zero-order chi connectivity index (χ0) is 9.99. The van der Waals surface area contributed by atoms with Crippen molar-refractivity contribution in [1.29, 1.82) is 0 Å². The normalized spacial score (nSPS) is 16.8. The van der Waals surface area contributed by atoms with E-state index in [9.17, 15) is 9.90 Å². The van der Waals surface area contributed by atoms with E-state index in [2.05, 4.69) is 0 Å². The van der Waals surface area contributed by atoms with E-state index < -0.39 is 17.2 Å². The Morgan fingerprint density at radius 2 is 1.83 bits per heavy atom. The topological polar surface area (TPSA) is 72.5 Å². The Bertz CT molecular complexity index is 170. The summed E-state index contributed by atoms with van der Waals surface area (Å²) in [7, 11) is 0. The molecule has 0 fully saturated rings. The van der Waals surface area contributed by atoms with Crippen molar-refractivity contribution in [3.05, 3.63) is 0 Å². The molecule has 4 nitrogen and oxygen atoms in total. The fourth-order valence-electron chi connectivity index (χ4n) is 0.471. The van der Waals surface area contributed by atoms with Crippen molar-refractivity contribution in [2.24, 2.45) is 5.73 Å². The lowest BCUT2D eigenvalue weighted by Crippen LogP contribution is -2.46. The van der Waals surface area contributed by atoms with Gasteiger partial charge in [0.25, 0.3) is 0 Å². The lowest BCUT2D eigenvalue weighted by Gasteiger charge is -2.26. The van der Waals surface area contributed by atoms with Crippen molar-refractivity contribution >= 4 is 5.97 Å². The number of nitrogens with two attached hydrogens (primary N) is 1. The molecule has 72 valence electrons. The van der Waals surface area contributed by atoms with E-state index in [1.807, 2.05) is 0 Å². The van der Waals surface area contributed by atoms with Gasteiger partial charge in [-0.3, -0.25) is 0 Å². The van der Waals surface area contributed by atoms with Gasteiger partial charge in [-0.2, -0.15) is 0 Å². The van der Waals surface area contributed by atoms with Gasteiger partial charge in [-0.15, -0.1) is 0 Å². The fourth-order valence-corrected chi connectivity index (χ4v) is 0.471. The highest BCUT2D eigenvalue weighted by Gasteiger charge is 2.33. The Kier molecular flexibility index (Phi) is 3.24. The molecule has 0 heterocycles. The number of carbonyl (C=O) groups excluding carboxylic acids is 1. The van der Waals surface area contributed by atoms with Crippen molar-refractivity contribution in [3.8, 4) is 0 Å². The van der Waals surface area contributed by atoms with Crippen LogP contribution in [0.5, 0.6) is 0 Å². The predicted octanol–water partition coefficient (Wildman–Crippen LogP) is 0.0378. The number of hydrogen-bond donors (Lipinski definition) is 2. The van der Waals surface area contributed by atoms with Crippen LogP contribution in [0.2, 0.25) is 0 Å². The maximum Gasteiger partial charge on any atom is 0.339 e. The Balaban J connectivity index is 4.23. The summed E-state index contributed by atoms with van der Waals surface area (Å²) in [4.78, 5) is 11.2. The number of hydrogen-bond acceptors (Lipinski definition) is 4. The molecular formula is C8H17NO3. The van der Waals surface area contributed by atoms with Crippen molar-refractivity contribution in [3.63, 3.8) is 0 Å². The highest BCUT2D eigenvalue weighted by Crippen LogP contribution is 2.12. The lowest BCUT2D eigenvalue weighted by molar-refractivity contribution is -0.174. The number of esters is 1. The van der Waals surface area contributed by atoms with Crippen LogP contribution in [0.25, 0.3) is 0 Å². The van der Waals surface area contributed by atoms with E-state index in [1.165, 1.54) is 6.92 Å². The summed E-state index contributed by atoms with van der Waals surface area (Å²) in [6.07, 6.45) is 0. The molecule has 0 amide bonds. The monoisotopic (exact) mass is 175 g/mol. The minimum Gasteiger partial charge on any atom is -0.458 e. The standard InChI is InChI=1S/C8H17NO3/c1-7(2,3)12-6(10)8(4,11)5-9/h11H,5,9H2,1-4H3/t8-/m1/s1. The highest BCUT2D eigenvalue weighted by molar-refractivity contribution is 5.79. The average molecular weight is 175 g/mol. The van der Waals surface area contributed by atoms with Crippen molar-refractivity contribution < 1.29 is 14.6 Å². The molecular weight excluding hydrogens is 158 g/mol. The first-order valence-corrected chi connectivity index (χ1v) is 3.85. The SMILES string of the molecule is CC(C)(C)OC(=O)[C@](C)(O)CN. The first-order chi connectivity index (χ1) is 5.19. The fraction of sp³-hybridized carbons (Fsp3) is 0.875. The number of aliphatic hydroxyl groups is 1. The second-order valence-electron chi connectivity index (χ2n) is 3.98. The minimum absolute atomic E-state index is 0.137. The summed E-state index contributed by atoms with van der Waals surface area (Å²) >= 11 is 0. The Labute approximate surface area is 72.7 Å². The van der Waals surface area contributed by atoms with Gasteiger partial charge in [0.1, 0.15) is 5.60 Å². The summed E-state index contributed by atoms with van der Waals surface area (Å²) < 4.78 is 4.92. The van der Waals surface area contributed by atoms with E-state index >= 15 is 0 Å². The highest BCUT2D eigenvalue weighted by atomic mass is 16.6. The molecule has 4 heteroatoms. The van der Waals surface area contributed by atoms with Gasteiger partial charge in [0, 0.05) is 6.54 Å². The summed E-state index contributed by atoms with van der Waals surface area (Å²) in [6.45, 7) is 6.40. The molecule has 0 rings (SSSR count). The van der Waals surface area contributed by atoms with Gasteiger partial charge >= 0.3 is 5.97 Å².